The predicted molar refractivity (Wildman–Crippen MR) is 109 cm³/mol. The lowest BCUT2D eigenvalue weighted by molar-refractivity contribution is 0.0447. The zero-order valence-corrected chi connectivity index (χ0v) is 16.6. The first-order valence-electron chi connectivity index (χ1n) is 9.04. The lowest BCUT2D eigenvalue weighted by atomic mass is 10.0. The number of aryl methyl sites for hydroxylation is 1. The molecule has 28 heavy (non-hydrogen) atoms. The van der Waals surface area contributed by atoms with Crippen molar-refractivity contribution < 1.29 is 14.6 Å². The summed E-state index contributed by atoms with van der Waals surface area (Å²) < 4.78 is 12.3. The van der Waals surface area contributed by atoms with Gasteiger partial charge in [-0.25, -0.2) is 15.0 Å². The number of fused-ring (bicyclic) bond motifs is 4. The molecule has 0 aliphatic carbocycles. The molecule has 0 fully saturated rings. The molecule has 4 aromatic rings. The van der Waals surface area contributed by atoms with Crippen molar-refractivity contribution >= 4 is 32.6 Å². The van der Waals surface area contributed by atoms with Crippen molar-refractivity contribution in [3.63, 3.8) is 0 Å². The molecule has 0 saturated carbocycles. The molecule has 6 nitrogen and oxygen atoms in total. The Balaban J connectivity index is 1.70. The van der Waals surface area contributed by atoms with E-state index in [0.29, 0.717) is 12.3 Å². The summed E-state index contributed by atoms with van der Waals surface area (Å²) in [6.07, 6.45) is 2.30. The first kappa shape index (κ1) is 17.3. The molecule has 0 radical (unpaired) electrons. The monoisotopic (exact) mass is 393 g/mol. The molecule has 142 valence electrons. The molecule has 0 spiro atoms. The molecule has 2 aromatic carbocycles. The molecule has 3 heterocycles. The minimum absolute atomic E-state index is 0.0191. The van der Waals surface area contributed by atoms with Gasteiger partial charge in [0, 0.05) is 17.5 Å². The average molecular weight is 393 g/mol. The molecule has 1 atom stereocenters. The Morgan fingerprint density at radius 2 is 2.11 bits per heavy atom. The number of aromatic nitrogens is 3. The Labute approximate surface area is 165 Å². The maximum atomic E-state index is 9.68. The Morgan fingerprint density at radius 3 is 2.89 bits per heavy atom. The third-order valence-electron chi connectivity index (χ3n) is 5.07. The highest BCUT2D eigenvalue weighted by atomic mass is 32.1. The van der Waals surface area contributed by atoms with Crippen molar-refractivity contribution in [2.75, 3.05) is 13.7 Å². The first-order valence-corrected chi connectivity index (χ1v) is 9.85. The molecule has 2 aromatic heterocycles. The summed E-state index contributed by atoms with van der Waals surface area (Å²) in [6, 6.07) is 8.01. The normalized spacial score (nSPS) is 18.4. The number of aliphatic hydroxyl groups excluding tert-OH is 1. The van der Waals surface area contributed by atoms with Crippen molar-refractivity contribution in [3.8, 4) is 22.2 Å². The van der Waals surface area contributed by atoms with Gasteiger partial charge in [0.05, 0.1) is 41.2 Å². The molecule has 1 N–H and O–H groups in total. The molecule has 0 bridgehead atoms. The van der Waals surface area contributed by atoms with Gasteiger partial charge in [0.25, 0.3) is 0 Å². The molecule has 1 aliphatic heterocycles. The number of aliphatic hydroxyl groups is 1. The largest absolute Gasteiger partial charge is 0.484 e. The van der Waals surface area contributed by atoms with E-state index in [1.165, 1.54) is 0 Å². The molecule has 1 aliphatic rings. The van der Waals surface area contributed by atoms with Crippen molar-refractivity contribution in [3.05, 3.63) is 41.6 Å². The number of rotatable bonds is 3. The zero-order chi connectivity index (χ0) is 19.5. The molecule has 0 amide bonds. The van der Waals surface area contributed by atoms with E-state index >= 15 is 0 Å². The SMILES string of the molecule is COc1cnc2c(-c3nc4ccc5c(c4s3)C[C@](C)(CO)O5)cc(C)cc2n1. The second kappa shape index (κ2) is 6.12. The predicted octanol–water partition coefficient (Wildman–Crippen LogP) is 3.91. The van der Waals surface area contributed by atoms with Gasteiger partial charge in [0.15, 0.2) is 0 Å². The maximum absolute atomic E-state index is 9.68. The van der Waals surface area contributed by atoms with Crippen LogP contribution in [0.1, 0.15) is 18.1 Å². The van der Waals surface area contributed by atoms with Crippen LogP contribution in [0.25, 0.3) is 31.8 Å². The molecular weight excluding hydrogens is 374 g/mol. The van der Waals surface area contributed by atoms with Gasteiger partial charge in [-0.1, -0.05) is 0 Å². The third kappa shape index (κ3) is 2.62. The van der Waals surface area contributed by atoms with Gasteiger partial charge in [0.1, 0.15) is 16.4 Å². The molecule has 5 rings (SSSR count). The summed E-state index contributed by atoms with van der Waals surface area (Å²) in [5.74, 6) is 1.32. The van der Waals surface area contributed by atoms with Gasteiger partial charge in [-0.15, -0.1) is 11.3 Å². The fraction of sp³-hybridized carbons (Fsp3) is 0.286. The summed E-state index contributed by atoms with van der Waals surface area (Å²) in [6.45, 7) is 3.95. The van der Waals surface area contributed by atoms with E-state index in [9.17, 15) is 5.11 Å². The third-order valence-corrected chi connectivity index (χ3v) is 6.23. The van der Waals surface area contributed by atoms with E-state index in [1.54, 1.807) is 24.6 Å². The van der Waals surface area contributed by atoms with Crippen LogP contribution in [0.4, 0.5) is 0 Å². The van der Waals surface area contributed by atoms with E-state index in [1.807, 2.05) is 32.0 Å². The van der Waals surface area contributed by atoms with Gasteiger partial charge in [-0.2, -0.15) is 0 Å². The Bertz CT molecular complexity index is 1240. The quantitative estimate of drug-likeness (QED) is 0.569. The first-order chi connectivity index (χ1) is 13.5. The maximum Gasteiger partial charge on any atom is 0.232 e. The minimum atomic E-state index is -0.571. The van der Waals surface area contributed by atoms with Crippen LogP contribution in [0.3, 0.4) is 0 Å². The van der Waals surface area contributed by atoms with Crippen LogP contribution in [0.5, 0.6) is 11.6 Å². The number of benzene rings is 2. The van der Waals surface area contributed by atoms with Crippen molar-refractivity contribution in [2.45, 2.75) is 25.9 Å². The standard InChI is InChI=1S/C21H19N3O3S/c1-11-6-12(18-15(7-11)23-17(26-3)9-22-18)20-24-14-4-5-16-13(19(14)28-20)8-21(2,10-25)27-16/h4-7,9,25H,8,10H2,1-3H3/t21-/m1/s1. The number of thiazole rings is 1. The summed E-state index contributed by atoms with van der Waals surface area (Å²) in [5.41, 5.74) is 5.12. The summed E-state index contributed by atoms with van der Waals surface area (Å²) in [7, 11) is 1.59. The van der Waals surface area contributed by atoms with Gasteiger partial charge < -0.3 is 14.6 Å². The van der Waals surface area contributed by atoms with Crippen LogP contribution in [-0.4, -0.2) is 39.4 Å². The Morgan fingerprint density at radius 1 is 1.25 bits per heavy atom. The lowest BCUT2D eigenvalue weighted by Crippen LogP contribution is -2.34. The summed E-state index contributed by atoms with van der Waals surface area (Å²) in [4.78, 5) is 14.0. The number of hydrogen-bond donors (Lipinski definition) is 1. The van der Waals surface area contributed by atoms with Gasteiger partial charge in [-0.3, -0.25) is 0 Å². The molecular formula is C21H19N3O3S. The van der Waals surface area contributed by atoms with Gasteiger partial charge in [-0.05, 0) is 43.7 Å². The van der Waals surface area contributed by atoms with Crippen molar-refractivity contribution in [1.29, 1.82) is 0 Å². The highest BCUT2D eigenvalue weighted by molar-refractivity contribution is 7.22. The molecule has 0 saturated heterocycles. The average Bonchev–Trinajstić information content (AvgIpc) is 3.27. The second-order valence-electron chi connectivity index (χ2n) is 7.39. The van der Waals surface area contributed by atoms with Crippen LogP contribution >= 0.6 is 11.3 Å². The van der Waals surface area contributed by atoms with Crippen LogP contribution in [-0.2, 0) is 6.42 Å². The summed E-state index contributed by atoms with van der Waals surface area (Å²) in [5, 5.41) is 10.6. The van der Waals surface area contributed by atoms with Crippen LogP contribution < -0.4 is 9.47 Å². The van der Waals surface area contributed by atoms with Crippen molar-refractivity contribution in [1.82, 2.24) is 15.0 Å². The highest BCUT2D eigenvalue weighted by Gasteiger charge is 2.36. The van der Waals surface area contributed by atoms with Gasteiger partial charge in [0.2, 0.25) is 5.88 Å². The van der Waals surface area contributed by atoms with E-state index in [0.717, 1.165) is 48.7 Å². The highest BCUT2D eigenvalue weighted by Crippen LogP contribution is 2.43. The summed E-state index contributed by atoms with van der Waals surface area (Å²) >= 11 is 1.63. The molecule has 7 heteroatoms. The second-order valence-corrected chi connectivity index (χ2v) is 8.39. The van der Waals surface area contributed by atoms with Crippen LogP contribution in [0, 0.1) is 6.92 Å². The fourth-order valence-corrected chi connectivity index (χ4v) is 4.80. The topological polar surface area (TPSA) is 77.4 Å². The number of ether oxygens (including phenoxy) is 2. The van der Waals surface area contributed by atoms with E-state index in [4.69, 9.17) is 14.5 Å². The number of methoxy groups -OCH3 is 1. The number of nitrogens with zero attached hydrogens (tertiary/aromatic N) is 3. The Hall–Kier alpha value is -2.77. The van der Waals surface area contributed by atoms with Crippen molar-refractivity contribution in [2.24, 2.45) is 0 Å². The number of hydrogen-bond acceptors (Lipinski definition) is 7. The van der Waals surface area contributed by atoms with Crippen LogP contribution in [0.2, 0.25) is 0 Å². The smallest absolute Gasteiger partial charge is 0.232 e. The lowest BCUT2D eigenvalue weighted by Gasteiger charge is -2.20. The fourth-order valence-electron chi connectivity index (χ4n) is 3.68. The minimum Gasteiger partial charge on any atom is -0.484 e. The molecule has 0 unspecified atom stereocenters. The van der Waals surface area contributed by atoms with E-state index in [-0.39, 0.29) is 6.61 Å². The van der Waals surface area contributed by atoms with Gasteiger partial charge >= 0.3 is 0 Å². The van der Waals surface area contributed by atoms with Crippen LogP contribution in [0.15, 0.2) is 30.5 Å². The van der Waals surface area contributed by atoms with E-state index in [2.05, 4.69) is 16.0 Å². The van der Waals surface area contributed by atoms with E-state index < -0.39 is 5.60 Å². The Kier molecular flexibility index (Phi) is 3.79. The zero-order valence-electron chi connectivity index (χ0n) is 15.8.